The third-order valence-electron chi connectivity index (χ3n) is 3.47. The molecule has 1 atom stereocenters. The van der Waals surface area contributed by atoms with Gasteiger partial charge in [0, 0.05) is 0 Å². The first-order chi connectivity index (χ1) is 11.6. The maximum absolute atomic E-state index is 11.9. The van der Waals surface area contributed by atoms with Gasteiger partial charge >= 0.3 is 6.03 Å². The Hall–Kier alpha value is -2.89. The summed E-state index contributed by atoms with van der Waals surface area (Å²) in [5.41, 5.74) is 0.909. The molecule has 0 aliphatic carbocycles. The van der Waals surface area contributed by atoms with Crippen molar-refractivity contribution in [3.8, 4) is 17.2 Å². The molecule has 0 fully saturated rings. The minimum Gasteiger partial charge on any atom is -0.493 e. The monoisotopic (exact) mass is 330 g/mol. The summed E-state index contributed by atoms with van der Waals surface area (Å²) in [6, 6.07) is 14.3. The summed E-state index contributed by atoms with van der Waals surface area (Å²) < 4.78 is 15.9. The lowest BCUT2D eigenvalue weighted by Crippen LogP contribution is -2.38. The molecule has 0 heterocycles. The average molecular weight is 330 g/mol. The zero-order chi connectivity index (χ0) is 17.4. The first kappa shape index (κ1) is 17.5. The van der Waals surface area contributed by atoms with Crippen molar-refractivity contribution in [3.05, 3.63) is 54.1 Å². The van der Waals surface area contributed by atoms with Crippen molar-refractivity contribution in [3.63, 3.8) is 0 Å². The molecule has 2 N–H and O–H groups in total. The lowest BCUT2D eigenvalue weighted by atomic mass is 10.1. The van der Waals surface area contributed by atoms with Gasteiger partial charge in [-0.25, -0.2) is 4.79 Å². The molecule has 0 aliphatic heterocycles. The molecule has 128 valence electrons. The van der Waals surface area contributed by atoms with Gasteiger partial charge in [0.05, 0.1) is 20.3 Å². The Labute approximate surface area is 141 Å². The van der Waals surface area contributed by atoms with E-state index in [1.807, 2.05) is 55.5 Å². The number of methoxy groups -OCH3 is 2. The van der Waals surface area contributed by atoms with E-state index in [9.17, 15) is 4.79 Å². The molecule has 0 spiro atoms. The van der Waals surface area contributed by atoms with Crippen LogP contribution >= 0.6 is 0 Å². The zero-order valence-corrected chi connectivity index (χ0v) is 14.0. The van der Waals surface area contributed by atoms with Crippen LogP contribution in [-0.2, 0) is 0 Å². The highest BCUT2D eigenvalue weighted by Crippen LogP contribution is 2.29. The lowest BCUT2D eigenvalue weighted by molar-refractivity contribution is 0.221. The maximum atomic E-state index is 11.9. The summed E-state index contributed by atoms with van der Waals surface area (Å²) in [5.74, 6) is 1.97. The number of para-hydroxylation sites is 1. The van der Waals surface area contributed by atoms with Crippen LogP contribution in [0.5, 0.6) is 17.2 Å². The van der Waals surface area contributed by atoms with E-state index >= 15 is 0 Å². The van der Waals surface area contributed by atoms with E-state index < -0.39 is 0 Å². The number of nitrogens with one attached hydrogen (secondary N) is 2. The Balaban J connectivity index is 1.85. The minimum absolute atomic E-state index is 0.0918. The number of benzene rings is 2. The number of hydrogen-bond donors (Lipinski definition) is 2. The Morgan fingerprint density at radius 2 is 1.75 bits per heavy atom. The van der Waals surface area contributed by atoms with E-state index in [1.165, 1.54) is 0 Å². The summed E-state index contributed by atoms with van der Waals surface area (Å²) in [6.45, 7) is 1.98. The van der Waals surface area contributed by atoms with Crippen molar-refractivity contribution in [2.75, 3.05) is 21.0 Å². The highest BCUT2D eigenvalue weighted by atomic mass is 16.5. The molecule has 2 amide bonds. The fraction of sp³-hybridized carbons (Fsp3) is 0.278. The first-order valence-corrected chi connectivity index (χ1v) is 7.58. The third-order valence-corrected chi connectivity index (χ3v) is 3.47. The van der Waals surface area contributed by atoms with Gasteiger partial charge < -0.3 is 24.8 Å². The van der Waals surface area contributed by atoms with Crippen molar-refractivity contribution < 1.29 is 19.0 Å². The first-order valence-electron chi connectivity index (χ1n) is 7.58. The van der Waals surface area contributed by atoms with Gasteiger partial charge in [-0.3, -0.25) is 0 Å². The van der Waals surface area contributed by atoms with Crippen molar-refractivity contribution in [1.29, 1.82) is 0 Å². The number of rotatable bonds is 7. The van der Waals surface area contributed by atoms with Crippen molar-refractivity contribution >= 4 is 6.03 Å². The molecule has 2 aromatic carbocycles. The van der Waals surface area contributed by atoms with Crippen molar-refractivity contribution in [1.82, 2.24) is 10.6 Å². The van der Waals surface area contributed by atoms with Crippen LogP contribution in [0.3, 0.4) is 0 Å². The fourth-order valence-corrected chi connectivity index (χ4v) is 2.15. The molecular weight excluding hydrogens is 308 g/mol. The van der Waals surface area contributed by atoms with E-state index in [4.69, 9.17) is 14.2 Å². The smallest absolute Gasteiger partial charge is 0.317 e. The molecule has 0 aliphatic rings. The Morgan fingerprint density at radius 3 is 2.42 bits per heavy atom. The normalized spacial score (nSPS) is 11.3. The second-order valence-electron chi connectivity index (χ2n) is 5.09. The molecule has 2 aromatic rings. The summed E-state index contributed by atoms with van der Waals surface area (Å²) in [7, 11) is 3.16. The van der Waals surface area contributed by atoms with Crippen LogP contribution in [0.4, 0.5) is 4.79 Å². The van der Waals surface area contributed by atoms with Crippen LogP contribution in [0.25, 0.3) is 0 Å². The van der Waals surface area contributed by atoms with Gasteiger partial charge in [0.1, 0.15) is 5.75 Å². The number of urea groups is 1. The van der Waals surface area contributed by atoms with E-state index in [0.717, 1.165) is 5.56 Å². The summed E-state index contributed by atoms with van der Waals surface area (Å²) in [4.78, 5) is 11.9. The summed E-state index contributed by atoms with van der Waals surface area (Å²) >= 11 is 0. The standard InChI is InChI=1S/C18H22N2O4/c1-13(14-9-10-16(22-2)17(11-14)23-3)20-18(21)19-12-24-15-7-5-4-6-8-15/h4-11,13H,12H2,1-3H3,(H2,19,20,21). The Morgan fingerprint density at radius 1 is 1.04 bits per heavy atom. The second kappa shape index (κ2) is 8.67. The molecular formula is C18H22N2O4. The number of ether oxygens (including phenoxy) is 3. The molecule has 0 saturated heterocycles. The Kier molecular flexibility index (Phi) is 6.31. The van der Waals surface area contributed by atoms with Crippen LogP contribution in [0.2, 0.25) is 0 Å². The van der Waals surface area contributed by atoms with Crippen LogP contribution < -0.4 is 24.8 Å². The van der Waals surface area contributed by atoms with Crippen molar-refractivity contribution in [2.45, 2.75) is 13.0 Å². The molecule has 0 radical (unpaired) electrons. The molecule has 0 bridgehead atoms. The van der Waals surface area contributed by atoms with E-state index in [2.05, 4.69) is 10.6 Å². The fourth-order valence-electron chi connectivity index (χ4n) is 2.15. The number of hydrogen-bond acceptors (Lipinski definition) is 4. The minimum atomic E-state index is -0.312. The van der Waals surface area contributed by atoms with Crippen molar-refractivity contribution in [2.24, 2.45) is 0 Å². The Bertz CT molecular complexity index is 661. The SMILES string of the molecule is COc1ccc(C(C)NC(=O)NCOc2ccccc2)cc1OC. The van der Waals surface area contributed by atoms with Gasteiger partial charge in [0.2, 0.25) is 0 Å². The predicted octanol–water partition coefficient (Wildman–Crippen LogP) is 3.10. The van der Waals surface area contributed by atoms with Crippen LogP contribution in [0.1, 0.15) is 18.5 Å². The van der Waals surface area contributed by atoms with Gasteiger partial charge in [-0.15, -0.1) is 0 Å². The van der Waals surface area contributed by atoms with E-state index in [0.29, 0.717) is 17.2 Å². The van der Waals surface area contributed by atoms with Gasteiger partial charge in [0.15, 0.2) is 18.2 Å². The molecule has 1 unspecified atom stereocenters. The van der Waals surface area contributed by atoms with E-state index in [1.54, 1.807) is 14.2 Å². The highest BCUT2D eigenvalue weighted by molar-refractivity contribution is 5.74. The quantitative estimate of drug-likeness (QED) is 0.766. The van der Waals surface area contributed by atoms with Gasteiger partial charge in [0.25, 0.3) is 0 Å². The van der Waals surface area contributed by atoms with Crippen LogP contribution in [-0.4, -0.2) is 27.0 Å². The average Bonchev–Trinajstić information content (AvgIpc) is 2.61. The van der Waals surface area contributed by atoms with Gasteiger partial charge in [-0.2, -0.15) is 0 Å². The lowest BCUT2D eigenvalue weighted by Gasteiger charge is -2.17. The largest absolute Gasteiger partial charge is 0.493 e. The van der Waals surface area contributed by atoms with Gasteiger partial charge in [-0.1, -0.05) is 24.3 Å². The molecule has 0 aromatic heterocycles. The molecule has 2 rings (SSSR count). The molecule has 6 nitrogen and oxygen atoms in total. The van der Waals surface area contributed by atoms with Gasteiger partial charge in [-0.05, 0) is 36.8 Å². The number of carbonyl (C=O) groups is 1. The second-order valence-corrected chi connectivity index (χ2v) is 5.09. The third kappa shape index (κ3) is 4.81. The maximum Gasteiger partial charge on any atom is 0.317 e. The number of amides is 2. The van der Waals surface area contributed by atoms with E-state index in [-0.39, 0.29) is 18.8 Å². The molecule has 6 heteroatoms. The summed E-state index contributed by atoms with van der Waals surface area (Å²) in [5, 5.41) is 5.50. The highest BCUT2D eigenvalue weighted by Gasteiger charge is 2.12. The molecule has 24 heavy (non-hydrogen) atoms. The van der Waals surface area contributed by atoms with Crippen LogP contribution in [0.15, 0.2) is 48.5 Å². The number of carbonyl (C=O) groups excluding carboxylic acids is 1. The summed E-state index contributed by atoms with van der Waals surface area (Å²) in [6.07, 6.45) is 0. The molecule has 0 saturated carbocycles. The topological polar surface area (TPSA) is 68.8 Å². The van der Waals surface area contributed by atoms with Crippen LogP contribution in [0, 0.1) is 0 Å². The zero-order valence-electron chi connectivity index (χ0n) is 14.0. The predicted molar refractivity (Wildman–Crippen MR) is 91.6 cm³/mol.